The lowest BCUT2D eigenvalue weighted by atomic mass is 10.00. The molecular formula is C20H15F6NO3. The van der Waals surface area contributed by atoms with Gasteiger partial charge >= 0.3 is 18.3 Å². The number of carbonyl (C=O) groups excluding carboxylic acids is 2. The van der Waals surface area contributed by atoms with Crippen molar-refractivity contribution in [3.8, 4) is 0 Å². The van der Waals surface area contributed by atoms with E-state index >= 15 is 0 Å². The molecule has 160 valence electrons. The minimum Gasteiger partial charge on any atom is -0.458 e. The van der Waals surface area contributed by atoms with Gasteiger partial charge in [0, 0.05) is 12.6 Å². The molecule has 2 aromatic carbocycles. The minimum absolute atomic E-state index is 0.206. The highest BCUT2D eigenvalue weighted by atomic mass is 19.4. The molecule has 1 N–H and O–H groups in total. The third-order valence-electron chi connectivity index (χ3n) is 3.77. The lowest BCUT2D eigenvalue weighted by molar-refractivity contribution is -0.144. The number of alkyl halides is 6. The number of halogens is 6. The zero-order valence-electron chi connectivity index (χ0n) is 15.2. The molecule has 0 spiro atoms. The molecule has 30 heavy (non-hydrogen) atoms. The Labute approximate surface area is 167 Å². The Hall–Kier alpha value is -3.30. The van der Waals surface area contributed by atoms with Crippen molar-refractivity contribution in [3.05, 3.63) is 82.9 Å². The van der Waals surface area contributed by atoms with Crippen LogP contribution < -0.4 is 5.32 Å². The van der Waals surface area contributed by atoms with E-state index in [9.17, 15) is 35.9 Å². The zero-order chi connectivity index (χ0) is 22.4. The first kappa shape index (κ1) is 23.0. The monoisotopic (exact) mass is 431 g/mol. The molecule has 0 aliphatic heterocycles. The number of amides is 1. The molecule has 0 atom stereocenters. The Morgan fingerprint density at radius 1 is 0.867 bits per heavy atom. The fraction of sp³-hybridized carbons (Fsp3) is 0.200. The Morgan fingerprint density at radius 3 is 1.97 bits per heavy atom. The van der Waals surface area contributed by atoms with Crippen LogP contribution in [-0.2, 0) is 28.4 Å². The summed E-state index contributed by atoms with van der Waals surface area (Å²) in [5.41, 5.74) is -4.33. The third kappa shape index (κ3) is 6.36. The van der Waals surface area contributed by atoms with E-state index in [2.05, 4.69) is 10.1 Å². The highest BCUT2D eigenvalue weighted by Crippen LogP contribution is 2.39. The predicted octanol–water partition coefficient (Wildman–Crippen LogP) is 4.75. The molecule has 1 amide bonds. The van der Waals surface area contributed by atoms with E-state index in [1.807, 2.05) is 0 Å². The van der Waals surface area contributed by atoms with Crippen molar-refractivity contribution in [3.63, 3.8) is 0 Å². The van der Waals surface area contributed by atoms with Crippen molar-refractivity contribution in [2.45, 2.75) is 18.9 Å². The van der Waals surface area contributed by atoms with Gasteiger partial charge in [-0.25, -0.2) is 4.79 Å². The molecule has 0 radical (unpaired) electrons. The molecule has 2 aromatic rings. The fourth-order valence-electron chi connectivity index (χ4n) is 2.44. The van der Waals surface area contributed by atoms with Crippen LogP contribution in [0, 0.1) is 0 Å². The van der Waals surface area contributed by atoms with Gasteiger partial charge < -0.3 is 10.1 Å². The van der Waals surface area contributed by atoms with Crippen LogP contribution in [0.25, 0.3) is 0 Å². The van der Waals surface area contributed by atoms with Gasteiger partial charge in [-0.2, -0.15) is 26.3 Å². The standard InChI is InChI=1S/C20H15F6NO3/c21-19(22,23)14-8-4-9-15(20(24,25)26)17(14)18(29)30-11-5-10-16(28)27-12-13-6-2-1-3-7-13/h1-10H,11-12H2,(H,27,28). The van der Waals surface area contributed by atoms with Gasteiger partial charge in [0.05, 0.1) is 16.7 Å². The van der Waals surface area contributed by atoms with E-state index in [1.165, 1.54) is 0 Å². The molecule has 0 fully saturated rings. The van der Waals surface area contributed by atoms with E-state index in [-0.39, 0.29) is 6.54 Å². The number of ether oxygens (including phenoxy) is 1. The van der Waals surface area contributed by atoms with E-state index < -0.39 is 47.5 Å². The summed E-state index contributed by atoms with van der Waals surface area (Å²) < 4.78 is 82.8. The second-order valence-electron chi connectivity index (χ2n) is 5.93. The lowest BCUT2D eigenvalue weighted by Crippen LogP contribution is -2.22. The maximum atomic E-state index is 13.1. The van der Waals surface area contributed by atoms with Crippen LogP contribution in [0.1, 0.15) is 27.0 Å². The Morgan fingerprint density at radius 2 is 1.43 bits per heavy atom. The molecule has 10 heteroatoms. The van der Waals surface area contributed by atoms with Gasteiger partial charge in [0.2, 0.25) is 5.91 Å². The Balaban J connectivity index is 2.04. The average molecular weight is 431 g/mol. The van der Waals surface area contributed by atoms with Crippen LogP contribution in [-0.4, -0.2) is 18.5 Å². The van der Waals surface area contributed by atoms with Crippen LogP contribution in [0.4, 0.5) is 26.3 Å². The fourth-order valence-corrected chi connectivity index (χ4v) is 2.44. The zero-order valence-corrected chi connectivity index (χ0v) is 15.2. The molecular weight excluding hydrogens is 416 g/mol. The van der Waals surface area contributed by atoms with Gasteiger partial charge in [0.15, 0.2) is 0 Å². The smallest absolute Gasteiger partial charge is 0.417 e. The quantitative estimate of drug-likeness (QED) is 0.408. The van der Waals surface area contributed by atoms with Crippen LogP contribution in [0.2, 0.25) is 0 Å². The van der Waals surface area contributed by atoms with Gasteiger partial charge in [-0.3, -0.25) is 4.79 Å². The summed E-state index contributed by atoms with van der Waals surface area (Å²) in [4.78, 5) is 23.6. The number of benzene rings is 2. The predicted molar refractivity (Wildman–Crippen MR) is 94.2 cm³/mol. The summed E-state index contributed by atoms with van der Waals surface area (Å²) in [7, 11) is 0. The van der Waals surface area contributed by atoms with Crippen molar-refractivity contribution in [2.24, 2.45) is 0 Å². The van der Waals surface area contributed by atoms with Crippen LogP contribution in [0.3, 0.4) is 0 Å². The van der Waals surface area contributed by atoms with E-state index in [1.54, 1.807) is 30.3 Å². The highest BCUT2D eigenvalue weighted by molar-refractivity contribution is 5.93. The van der Waals surface area contributed by atoms with Gasteiger partial charge in [-0.05, 0) is 23.8 Å². The number of hydrogen-bond donors (Lipinski definition) is 1. The molecule has 0 saturated carbocycles. The topological polar surface area (TPSA) is 55.4 Å². The second-order valence-corrected chi connectivity index (χ2v) is 5.93. The van der Waals surface area contributed by atoms with E-state index in [0.717, 1.165) is 17.7 Å². The summed E-state index contributed by atoms with van der Waals surface area (Å²) in [6.45, 7) is -0.487. The molecule has 0 unspecified atom stereocenters. The molecule has 0 heterocycles. The van der Waals surface area contributed by atoms with Gasteiger partial charge in [-0.1, -0.05) is 36.4 Å². The summed E-state index contributed by atoms with van der Waals surface area (Å²) >= 11 is 0. The van der Waals surface area contributed by atoms with Gasteiger partial charge in [-0.15, -0.1) is 0 Å². The summed E-state index contributed by atoms with van der Waals surface area (Å²) in [5.74, 6) is -2.38. The maximum absolute atomic E-state index is 13.1. The number of carbonyl (C=O) groups is 2. The minimum atomic E-state index is -5.19. The van der Waals surface area contributed by atoms with Gasteiger partial charge in [0.25, 0.3) is 0 Å². The molecule has 0 aromatic heterocycles. The molecule has 0 aliphatic carbocycles. The average Bonchev–Trinajstić information content (AvgIpc) is 2.68. The van der Waals surface area contributed by atoms with E-state index in [4.69, 9.17) is 0 Å². The first-order chi connectivity index (χ1) is 14.0. The van der Waals surface area contributed by atoms with Crippen molar-refractivity contribution in [1.29, 1.82) is 0 Å². The first-order valence-corrected chi connectivity index (χ1v) is 8.43. The van der Waals surface area contributed by atoms with Gasteiger partial charge in [0.1, 0.15) is 6.61 Å². The molecule has 2 rings (SSSR count). The van der Waals surface area contributed by atoms with Crippen LogP contribution >= 0.6 is 0 Å². The largest absolute Gasteiger partial charge is 0.458 e. The summed E-state index contributed by atoms with van der Waals surface area (Å²) in [6, 6.07) is 10.1. The summed E-state index contributed by atoms with van der Waals surface area (Å²) in [5, 5.41) is 2.51. The van der Waals surface area contributed by atoms with Crippen molar-refractivity contribution < 1.29 is 40.7 Å². The highest BCUT2D eigenvalue weighted by Gasteiger charge is 2.43. The van der Waals surface area contributed by atoms with E-state index in [0.29, 0.717) is 18.2 Å². The third-order valence-corrected chi connectivity index (χ3v) is 3.77. The Kier molecular flexibility index (Phi) is 7.25. The van der Waals surface area contributed by atoms with Crippen LogP contribution in [0.5, 0.6) is 0 Å². The first-order valence-electron chi connectivity index (χ1n) is 8.43. The number of hydrogen-bond acceptors (Lipinski definition) is 3. The normalized spacial score (nSPS) is 12.1. The molecule has 0 bridgehead atoms. The molecule has 4 nitrogen and oxygen atoms in total. The maximum Gasteiger partial charge on any atom is 0.417 e. The second kappa shape index (κ2) is 9.47. The molecule has 0 aliphatic rings. The van der Waals surface area contributed by atoms with Crippen molar-refractivity contribution >= 4 is 11.9 Å². The lowest BCUT2D eigenvalue weighted by Gasteiger charge is -2.17. The number of nitrogens with one attached hydrogen (secondary N) is 1. The van der Waals surface area contributed by atoms with Crippen LogP contribution in [0.15, 0.2) is 60.7 Å². The van der Waals surface area contributed by atoms with Crippen molar-refractivity contribution in [2.75, 3.05) is 6.61 Å². The Bertz CT molecular complexity index is 888. The number of rotatable bonds is 6. The summed E-state index contributed by atoms with van der Waals surface area (Å²) in [6.07, 6.45) is -8.43. The molecule has 0 saturated heterocycles. The van der Waals surface area contributed by atoms with Crippen molar-refractivity contribution in [1.82, 2.24) is 5.32 Å². The number of esters is 1. The SMILES string of the molecule is O=C(C=CCOC(=O)c1c(C(F)(F)F)cccc1C(F)(F)F)NCc1ccccc1.